The maximum atomic E-state index is 13.9. The molecule has 1 aromatic rings. The van der Waals surface area contributed by atoms with E-state index in [2.05, 4.69) is 15.9 Å². The van der Waals surface area contributed by atoms with Gasteiger partial charge < -0.3 is 9.64 Å². The van der Waals surface area contributed by atoms with E-state index in [4.69, 9.17) is 4.74 Å². The molecular formula is C14H15BrFNO3. The summed E-state index contributed by atoms with van der Waals surface area (Å²) < 4.78 is 19.2. The fourth-order valence-corrected chi connectivity index (χ4v) is 2.71. The lowest BCUT2D eigenvalue weighted by atomic mass is 10.0. The first-order valence-corrected chi connectivity index (χ1v) is 7.17. The first kappa shape index (κ1) is 15.0. The summed E-state index contributed by atoms with van der Waals surface area (Å²) in [6.07, 6.45) is 2.21. The van der Waals surface area contributed by atoms with E-state index in [0.717, 1.165) is 12.8 Å². The molecule has 2 rings (SSSR count). The Labute approximate surface area is 125 Å². The van der Waals surface area contributed by atoms with Crippen molar-refractivity contribution in [2.24, 2.45) is 0 Å². The van der Waals surface area contributed by atoms with E-state index in [0.29, 0.717) is 17.4 Å². The lowest BCUT2D eigenvalue weighted by Gasteiger charge is -2.33. The van der Waals surface area contributed by atoms with Gasteiger partial charge in [-0.25, -0.2) is 9.18 Å². The monoisotopic (exact) mass is 343 g/mol. The van der Waals surface area contributed by atoms with Crippen LogP contribution in [0.25, 0.3) is 0 Å². The third kappa shape index (κ3) is 3.00. The molecule has 4 nitrogen and oxygen atoms in total. The van der Waals surface area contributed by atoms with Gasteiger partial charge in [0.25, 0.3) is 5.91 Å². The molecule has 0 bridgehead atoms. The largest absolute Gasteiger partial charge is 0.467 e. The second-order valence-electron chi connectivity index (χ2n) is 4.66. The lowest BCUT2D eigenvalue weighted by Crippen LogP contribution is -2.48. The van der Waals surface area contributed by atoms with E-state index < -0.39 is 23.7 Å². The molecule has 0 N–H and O–H groups in total. The molecular weight excluding hydrogens is 329 g/mol. The van der Waals surface area contributed by atoms with E-state index in [1.54, 1.807) is 6.07 Å². The minimum Gasteiger partial charge on any atom is -0.467 e. The third-order valence-corrected chi connectivity index (χ3v) is 3.89. The van der Waals surface area contributed by atoms with Crippen LogP contribution in [0.1, 0.15) is 29.6 Å². The Morgan fingerprint density at radius 3 is 2.80 bits per heavy atom. The first-order chi connectivity index (χ1) is 9.54. The Bertz CT molecular complexity index is 535. The topological polar surface area (TPSA) is 46.6 Å². The van der Waals surface area contributed by atoms with E-state index in [1.807, 2.05) is 0 Å². The molecule has 0 saturated carbocycles. The molecule has 0 radical (unpaired) electrons. The van der Waals surface area contributed by atoms with Gasteiger partial charge in [0.1, 0.15) is 11.9 Å². The molecule has 1 aromatic carbocycles. The number of likely N-dealkylation sites (tertiary alicyclic amines) is 1. The van der Waals surface area contributed by atoms with Crippen molar-refractivity contribution >= 4 is 27.8 Å². The van der Waals surface area contributed by atoms with Crippen LogP contribution in [0, 0.1) is 5.82 Å². The number of ether oxygens (including phenoxy) is 1. The highest BCUT2D eigenvalue weighted by Crippen LogP contribution is 2.23. The number of piperidine rings is 1. The number of carbonyl (C=O) groups excluding carboxylic acids is 2. The van der Waals surface area contributed by atoms with Gasteiger partial charge in [0, 0.05) is 11.0 Å². The number of hydrogen-bond donors (Lipinski definition) is 0. The van der Waals surface area contributed by atoms with Crippen molar-refractivity contribution in [3.05, 3.63) is 34.1 Å². The van der Waals surface area contributed by atoms with Gasteiger partial charge in [0.2, 0.25) is 0 Å². The van der Waals surface area contributed by atoms with Crippen molar-refractivity contribution in [2.45, 2.75) is 25.3 Å². The fraction of sp³-hybridized carbons (Fsp3) is 0.429. The highest BCUT2D eigenvalue weighted by Gasteiger charge is 2.34. The summed E-state index contributed by atoms with van der Waals surface area (Å²) in [5, 5.41) is 0. The van der Waals surface area contributed by atoms with Gasteiger partial charge in [-0.3, -0.25) is 4.79 Å². The standard InChI is InChI=1S/C14H15BrFNO3/c1-20-14(19)12-4-2-3-7-17(12)13(18)10-6-5-9(15)8-11(10)16/h5-6,8,12H,2-4,7H2,1H3. The average molecular weight is 344 g/mol. The maximum absolute atomic E-state index is 13.9. The van der Waals surface area contributed by atoms with Gasteiger partial charge in [-0.1, -0.05) is 15.9 Å². The number of carbonyl (C=O) groups is 2. The van der Waals surface area contributed by atoms with E-state index in [1.165, 1.54) is 24.1 Å². The van der Waals surface area contributed by atoms with Crippen LogP contribution in [0.2, 0.25) is 0 Å². The van der Waals surface area contributed by atoms with E-state index in [9.17, 15) is 14.0 Å². The fourth-order valence-electron chi connectivity index (χ4n) is 2.37. The van der Waals surface area contributed by atoms with Crippen molar-refractivity contribution in [3.63, 3.8) is 0 Å². The Morgan fingerprint density at radius 1 is 1.40 bits per heavy atom. The smallest absolute Gasteiger partial charge is 0.328 e. The zero-order chi connectivity index (χ0) is 14.7. The summed E-state index contributed by atoms with van der Waals surface area (Å²) in [7, 11) is 1.29. The third-order valence-electron chi connectivity index (χ3n) is 3.40. The van der Waals surface area contributed by atoms with Gasteiger partial charge in [-0.15, -0.1) is 0 Å². The summed E-state index contributed by atoms with van der Waals surface area (Å²) in [5.74, 6) is -1.51. The summed E-state index contributed by atoms with van der Waals surface area (Å²) >= 11 is 3.15. The predicted octanol–water partition coefficient (Wildman–Crippen LogP) is 2.76. The molecule has 1 aliphatic rings. The second-order valence-corrected chi connectivity index (χ2v) is 5.57. The number of rotatable bonds is 2. The van der Waals surface area contributed by atoms with Crippen LogP contribution < -0.4 is 0 Å². The highest BCUT2D eigenvalue weighted by molar-refractivity contribution is 9.10. The van der Waals surface area contributed by atoms with Crippen molar-refractivity contribution in [1.82, 2.24) is 4.90 Å². The van der Waals surface area contributed by atoms with Crippen LogP contribution >= 0.6 is 15.9 Å². The van der Waals surface area contributed by atoms with Gasteiger partial charge >= 0.3 is 5.97 Å². The van der Waals surface area contributed by atoms with Crippen LogP contribution in [0.4, 0.5) is 4.39 Å². The maximum Gasteiger partial charge on any atom is 0.328 e. The summed E-state index contributed by atoms with van der Waals surface area (Å²) in [6.45, 7) is 0.439. The molecule has 20 heavy (non-hydrogen) atoms. The molecule has 0 spiro atoms. The quantitative estimate of drug-likeness (QED) is 0.775. The van der Waals surface area contributed by atoms with Crippen molar-refractivity contribution < 1.29 is 18.7 Å². The molecule has 1 aliphatic heterocycles. The zero-order valence-electron chi connectivity index (χ0n) is 11.1. The van der Waals surface area contributed by atoms with Crippen molar-refractivity contribution in [3.8, 4) is 0 Å². The number of halogens is 2. The number of benzene rings is 1. The number of nitrogens with zero attached hydrogens (tertiary/aromatic N) is 1. The molecule has 6 heteroatoms. The lowest BCUT2D eigenvalue weighted by molar-refractivity contribution is -0.147. The highest BCUT2D eigenvalue weighted by atomic mass is 79.9. The second kappa shape index (κ2) is 6.35. The molecule has 1 fully saturated rings. The molecule has 0 aliphatic carbocycles. The SMILES string of the molecule is COC(=O)C1CCCCN1C(=O)c1ccc(Br)cc1F. The summed E-state index contributed by atoms with van der Waals surface area (Å²) in [4.78, 5) is 25.6. The Balaban J connectivity index is 2.27. The Morgan fingerprint density at radius 2 is 2.15 bits per heavy atom. The minimum atomic E-state index is -0.621. The number of methoxy groups -OCH3 is 1. The van der Waals surface area contributed by atoms with Gasteiger partial charge in [-0.2, -0.15) is 0 Å². The van der Waals surface area contributed by atoms with Crippen LogP contribution in [-0.4, -0.2) is 36.5 Å². The van der Waals surface area contributed by atoms with Gasteiger partial charge in [0.05, 0.1) is 12.7 Å². The summed E-state index contributed by atoms with van der Waals surface area (Å²) in [6, 6.07) is 3.65. The normalized spacial score (nSPS) is 18.8. The first-order valence-electron chi connectivity index (χ1n) is 6.38. The van der Waals surface area contributed by atoms with Crippen LogP contribution in [0.3, 0.4) is 0 Å². The molecule has 1 atom stereocenters. The van der Waals surface area contributed by atoms with Gasteiger partial charge in [-0.05, 0) is 37.5 Å². The Kier molecular flexibility index (Phi) is 4.75. The van der Waals surface area contributed by atoms with Crippen LogP contribution in [0.5, 0.6) is 0 Å². The zero-order valence-corrected chi connectivity index (χ0v) is 12.7. The Hall–Kier alpha value is -1.43. The predicted molar refractivity (Wildman–Crippen MR) is 74.8 cm³/mol. The van der Waals surface area contributed by atoms with Crippen LogP contribution in [0.15, 0.2) is 22.7 Å². The molecule has 1 amide bonds. The average Bonchev–Trinajstić information content (AvgIpc) is 2.46. The number of amides is 1. The van der Waals surface area contributed by atoms with E-state index in [-0.39, 0.29) is 5.56 Å². The molecule has 1 saturated heterocycles. The van der Waals surface area contributed by atoms with Crippen LogP contribution in [-0.2, 0) is 9.53 Å². The van der Waals surface area contributed by atoms with Gasteiger partial charge in [0.15, 0.2) is 0 Å². The van der Waals surface area contributed by atoms with Crippen molar-refractivity contribution in [1.29, 1.82) is 0 Å². The minimum absolute atomic E-state index is 0.0241. The number of hydrogen-bond acceptors (Lipinski definition) is 3. The van der Waals surface area contributed by atoms with E-state index >= 15 is 0 Å². The molecule has 1 heterocycles. The van der Waals surface area contributed by atoms with Crippen molar-refractivity contribution in [2.75, 3.05) is 13.7 Å². The molecule has 0 aromatic heterocycles. The number of esters is 1. The summed E-state index contributed by atoms with van der Waals surface area (Å²) in [5.41, 5.74) is -0.0241. The molecule has 108 valence electrons. The molecule has 1 unspecified atom stereocenters.